The maximum atomic E-state index is 12.7. The molecule has 130 valence electrons. The van der Waals surface area contributed by atoms with Crippen molar-refractivity contribution >= 4 is 17.7 Å². The topological polar surface area (TPSA) is 102 Å². The molecule has 7 heteroatoms. The standard InChI is InChI=1S/C17H23N3O4/c1-11(21)19-15(9-12-4-3-5-14(8-12)24-2)17(23)20-7-6-13(10-20)16(18)22/h3-5,8,13,15H,6-7,9-10H2,1-2H3,(H2,18,22)(H,19,21). The molecule has 1 fully saturated rings. The first-order chi connectivity index (χ1) is 11.4. The van der Waals surface area contributed by atoms with Gasteiger partial charge >= 0.3 is 0 Å². The summed E-state index contributed by atoms with van der Waals surface area (Å²) < 4.78 is 5.18. The molecular weight excluding hydrogens is 310 g/mol. The zero-order chi connectivity index (χ0) is 17.7. The van der Waals surface area contributed by atoms with Crippen LogP contribution in [0.25, 0.3) is 0 Å². The molecule has 1 aromatic carbocycles. The van der Waals surface area contributed by atoms with Gasteiger partial charge in [-0.1, -0.05) is 12.1 Å². The fraction of sp³-hybridized carbons (Fsp3) is 0.471. The van der Waals surface area contributed by atoms with Crippen LogP contribution in [0.5, 0.6) is 5.75 Å². The minimum absolute atomic E-state index is 0.197. The van der Waals surface area contributed by atoms with Crippen LogP contribution in [0.15, 0.2) is 24.3 Å². The van der Waals surface area contributed by atoms with Gasteiger partial charge in [0.25, 0.3) is 0 Å². The Morgan fingerprint density at radius 1 is 1.42 bits per heavy atom. The van der Waals surface area contributed by atoms with E-state index in [4.69, 9.17) is 10.5 Å². The molecule has 2 unspecified atom stereocenters. The zero-order valence-electron chi connectivity index (χ0n) is 14.0. The summed E-state index contributed by atoms with van der Waals surface area (Å²) in [5.74, 6) is -0.493. The molecular formula is C17H23N3O4. The average Bonchev–Trinajstić information content (AvgIpc) is 3.03. The predicted molar refractivity (Wildman–Crippen MR) is 88.2 cm³/mol. The average molecular weight is 333 g/mol. The van der Waals surface area contributed by atoms with E-state index in [2.05, 4.69) is 5.32 Å². The lowest BCUT2D eigenvalue weighted by Gasteiger charge is -2.24. The van der Waals surface area contributed by atoms with Gasteiger partial charge in [0.15, 0.2) is 0 Å². The highest BCUT2D eigenvalue weighted by molar-refractivity contribution is 5.88. The number of primary amides is 1. The summed E-state index contributed by atoms with van der Waals surface area (Å²) in [5, 5.41) is 2.70. The number of nitrogens with two attached hydrogens (primary N) is 1. The SMILES string of the molecule is COc1cccc(CC(NC(C)=O)C(=O)N2CCC(C(N)=O)C2)c1. The van der Waals surface area contributed by atoms with Crippen LogP contribution in [0.3, 0.4) is 0 Å². The molecule has 0 bridgehead atoms. The number of nitrogens with one attached hydrogen (secondary N) is 1. The maximum Gasteiger partial charge on any atom is 0.245 e. The van der Waals surface area contributed by atoms with Crippen LogP contribution >= 0.6 is 0 Å². The van der Waals surface area contributed by atoms with E-state index in [0.717, 1.165) is 5.56 Å². The first kappa shape index (κ1) is 17.8. The van der Waals surface area contributed by atoms with E-state index < -0.39 is 11.9 Å². The Kier molecular flexibility index (Phi) is 5.78. The van der Waals surface area contributed by atoms with Crippen molar-refractivity contribution < 1.29 is 19.1 Å². The summed E-state index contributed by atoms with van der Waals surface area (Å²) in [6.07, 6.45) is 0.917. The molecule has 7 nitrogen and oxygen atoms in total. The van der Waals surface area contributed by atoms with Crippen molar-refractivity contribution in [1.29, 1.82) is 0 Å². The van der Waals surface area contributed by atoms with E-state index in [1.807, 2.05) is 24.3 Å². The Morgan fingerprint density at radius 2 is 2.17 bits per heavy atom. The highest BCUT2D eigenvalue weighted by Crippen LogP contribution is 2.19. The molecule has 0 spiro atoms. The second-order valence-corrected chi connectivity index (χ2v) is 5.98. The Bertz CT molecular complexity index is 632. The second kappa shape index (κ2) is 7.81. The first-order valence-corrected chi connectivity index (χ1v) is 7.89. The second-order valence-electron chi connectivity index (χ2n) is 5.98. The van der Waals surface area contributed by atoms with Crippen LogP contribution in [-0.2, 0) is 20.8 Å². The van der Waals surface area contributed by atoms with Crippen molar-refractivity contribution in [3.05, 3.63) is 29.8 Å². The number of hydrogen-bond donors (Lipinski definition) is 2. The summed E-state index contributed by atoms with van der Waals surface area (Å²) >= 11 is 0. The highest BCUT2D eigenvalue weighted by Gasteiger charge is 2.33. The number of ether oxygens (including phenoxy) is 1. The molecule has 1 saturated heterocycles. The highest BCUT2D eigenvalue weighted by atomic mass is 16.5. The third-order valence-electron chi connectivity index (χ3n) is 4.15. The van der Waals surface area contributed by atoms with E-state index in [1.165, 1.54) is 6.92 Å². The van der Waals surface area contributed by atoms with Crippen molar-refractivity contribution in [2.45, 2.75) is 25.8 Å². The molecule has 3 N–H and O–H groups in total. The lowest BCUT2D eigenvalue weighted by molar-refractivity contribution is -0.135. The van der Waals surface area contributed by atoms with E-state index in [-0.39, 0.29) is 17.7 Å². The monoisotopic (exact) mass is 333 g/mol. The van der Waals surface area contributed by atoms with Gasteiger partial charge in [-0.3, -0.25) is 14.4 Å². The Labute approximate surface area is 141 Å². The largest absolute Gasteiger partial charge is 0.497 e. The minimum Gasteiger partial charge on any atom is -0.497 e. The molecule has 1 aliphatic rings. The van der Waals surface area contributed by atoms with Crippen LogP contribution < -0.4 is 15.8 Å². The smallest absolute Gasteiger partial charge is 0.245 e. The van der Waals surface area contributed by atoms with Crippen LogP contribution in [-0.4, -0.2) is 48.9 Å². The molecule has 0 saturated carbocycles. The molecule has 2 rings (SSSR count). The number of benzene rings is 1. The molecule has 24 heavy (non-hydrogen) atoms. The number of methoxy groups -OCH3 is 1. The van der Waals surface area contributed by atoms with Gasteiger partial charge in [0, 0.05) is 26.4 Å². The van der Waals surface area contributed by atoms with E-state index in [1.54, 1.807) is 12.0 Å². The quantitative estimate of drug-likeness (QED) is 0.769. The summed E-state index contributed by atoms with van der Waals surface area (Å²) in [6.45, 7) is 2.16. The lowest BCUT2D eigenvalue weighted by atomic mass is 10.0. The predicted octanol–water partition coefficient (Wildman–Crippen LogP) is 0.0762. The summed E-state index contributed by atoms with van der Waals surface area (Å²) in [7, 11) is 1.57. The number of carbonyl (C=O) groups excluding carboxylic acids is 3. The number of nitrogens with zero attached hydrogens (tertiary/aromatic N) is 1. The van der Waals surface area contributed by atoms with Gasteiger partial charge in [-0.05, 0) is 24.1 Å². The van der Waals surface area contributed by atoms with Crippen molar-refractivity contribution in [3.63, 3.8) is 0 Å². The van der Waals surface area contributed by atoms with E-state index in [0.29, 0.717) is 31.7 Å². The van der Waals surface area contributed by atoms with E-state index in [9.17, 15) is 14.4 Å². The van der Waals surface area contributed by atoms with E-state index >= 15 is 0 Å². The van der Waals surface area contributed by atoms with Gasteiger partial charge in [-0.15, -0.1) is 0 Å². The third-order valence-corrected chi connectivity index (χ3v) is 4.15. The Balaban J connectivity index is 2.11. The Morgan fingerprint density at radius 3 is 2.75 bits per heavy atom. The minimum atomic E-state index is -0.679. The normalized spacial score (nSPS) is 18.1. The van der Waals surface area contributed by atoms with Gasteiger partial charge in [-0.25, -0.2) is 0 Å². The summed E-state index contributed by atoms with van der Waals surface area (Å²) in [5.41, 5.74) is 6.19. The summed E-state index contributed by atoms with van der Waals surface area (Å²) in [6, 6.07) is 6.68. The van der Waals surface area contributed by atoms with Crippen LogP contribution in [0.2, 0.25) is 0 Å². The number of hydrogen-bond acceptors (Lipinski definition) is 4. The first-order valence-electron chi connectivity index (χ1n) is 7.89. The molecule has 1 aromatic rings. The molecule has 0 aliphatic carbocycles. The zero-order valence-corrected chi connectivity index (χ0v) is 14.0. The van der Waals surface area contributed by atoms with Gasteiger partial charge < -0.3 is 20.7 Å². The Hall–Kier alpha value is -2.57. The van der Waals surface area contributed by atoms with Gasteiger partial charge in [-0.2, -0.15) is 0 Å². The fourth-order valence-corrected chi connectivity index (χ4v) is 2.89. The number of carbonyl (C=O) groups is 3. The number of amides is 3. The third kappa shape index (κ3) is 4.47. The van der Waals surface area contributed by atoms with Crippen molar-refractivity contribution in [2.24, 2.45) is 11.7 Å². The lowest BCUT2D eigenvalue weighted by Crippen LogP contribution is -2.48. The molecule has 2 atom stereocenters. The summed E-state index contributed by atoms with van der Waals surface area (Å²) in [4.78, 5) is 37.1. The van der Waals surface area contributed by atoms with Crippen LogP contribution in [0, 0.1) is 5.92 Å². The molecule has 1 heterocycles. The van der Waals surface area contributed by atoms with Crippen molar-refractivity contribution in [1.82, 2.24) is 10.2 Å². The van der Waals surface area contributed by atoms with Crippen LogP contribution in [0.1, 0.15) is 18.9 Å². The molecule has 0 aromatic heterocycles. The van der Waals surface area contributed by atoms with Gasteiger partial charge in [0.05, 0.1) is 13.0 Å². The molecule has 1 aliphatic heterocycles. The van der Waals surface area contributed by atoms with Crippen LogP contribution in [0.4, 0.5) is 0 Å². The number of likely N-dealkylation sites (tertiary alicyclic amines) is 1. The van der Waals surface area contributed by atoms with Gasteiger partial charge in [0.1, 0.15) is 11.8 Å². The van der Waals surface area contributed by atoms with Gasteiger partial charge in [0.2, 0.25) is 17.7 Å². The van der Waals surface area contributed by atoms with Crippen molar-refractivity contribution in [2.75, 3.05) is 20.2 Å². The van der Waals surface area contributed by atoms with Crippen molar-refractivity contribution in [3.8, 4) is 5.75 Å². The fourth-order valence-electron chi connectivity index (χ4n) is 2.89. The maximum absolute atomic E-state index is 12.7. The number of rotatable bonds is 6. The molecule has 3 amide bonds. The molecule has 0 radical (unpaired) electrons.